The third kappa shape index (κ3) is 4.02. The van der Waals surface area contributed by atoms with Crippen LogP contribution in [0, 0.1) is 24.4 Å². The number of nitrogens with one attached hydrogen (secondary N) is 1. The van der Waals surface area contributed by atoms with E-state index >= 15 is 0 Å². The van der Waals surface area contributed by atoms with Gasteiger partial charge in [0.1, 0.15) is 13.2 Å². The minimum Gasteiger partial charge on any atom is -0.459 e. The van der Waals surface area contributed by atoms with Crippen molar-refractivity contribution in [1.82, 2.24) is 5.32 Å². The average molecular weight is 393 g/mol. The summed E-state index contributed by atoms with van der Waals surface area (Å²) in [5.41, 5.74) is 2.03. The Labute approximate surface area is 158 Å². The van der Waals surface area contributed by atoms with Gasteiger partial charge in [-0.2, -0.15) is 0 Å². The first-order chi connectivity index (χ1) is 13.3. The molecule has 0 aromatic heterocycles. The molecule has 0 saturated heterocycles. The molecule has 1 aliphatic heterocycles. The van der Waals surface area contributed by atoms with Gasteiger partial charge in [0, 0.05) is 5.56 Å². The fourth-order valence-corrected chi connectivity index (χ4v) is 2.91. The average Bonchev–Trinajstić information content (AvgIpc) is 3.04. The fraction of sp³-hybridized carbons (Fsp3) is 0.222. The van der Waals surface area contributed by atoms with Crippen molar-refractivity contribution in [2.45, 2.75) is 20.1 Å². The number of carbonyl (C=O) groups excluding carboxylic acids is 2. The van der Waals surface area contributed by atoms with Crippen LogP contribution in [0.15, 0.2) is 24.3 Å². The quantitative estimate of drug-likeness (QED) is 0.452. The number of amides is 1. The highest BCUT2D eigenvalue weighted by Crippen LogP contribution is 2.16. The van der Waals surface area contributed by atoms with Crippen molar-refractivity contribution in [1.29, 1.82) is 0 Å². The Balaban J connectivity index is 1.57. The van der Waals surface area contributed by atoms with E-state index in [4.69, 9.17) is 9.39 Å². The Kier molecular flexibility index (Phi) is 5.71. The fourth-order valence-electron chi connectivity index (χ4n) is 2.91. The molecule has 1 aliphatic rings. The van der Waals surface area contributed by atoms with Crippen molar-refractivity contribution in [3.8, 4) is 0 Å². The molecule has 0 fully saturated rings. The molecular formula is C18H15BF3NO5. The SMILES string of the molecule is Cc1c(C(=O)NCC(=O)OCc2cc(F)c(F)c(F)c2)ccc2c1B(O)OC2. The monoisotopic (exact) mass is 393 g/mol. The second-order valence-electron chi connectivity index (χ2n) is 6.19. The zero-order valence-electron chi connectivity index (χ0n) is 14.7. The maximum atomic E-state index is 13.1. The molecule has 1 amide bonds. The van der Waals surface area contributed by atoms with Crippen LogP contribution in [0.2, 0.25) is 0 Å². The maximum Gasteiger partial charge on any atom is 0.492 e. The molecule has 28 heavy (non-hydrogen) atoms. The summed E-state index contributed by atoms with van der Waals surface area (Å²) in [6, 6.07) is 4.64. The molecule has 10 heteroatoms. The summed E-state index contributed by atoms with van der Waals surface area (Å²) >= 11 is 0. The first-order valence-corrected chi connectivity index (χ1v) is 8.27. The van der Waals surface area contributed by atoms with Crippen molar-refractivity contribution >= 4 is 24.5 Å². The number of fused-ring (bicyclic) bond motifs is 1. The van der Waals surface area contributed by atoms with Crippen molar-refractivity contribution < 1.29 is 37.2 Å². The van der Waals surface area contributed by atoms with Crippen LogP contribution in [0.1, 0.15) is 27.0 Å². The standard InChI is InChI=1S/C18H15BF3NO5/c1-9-12(3-2-11-8-28-19(26)16(9)11)18(25)23-6-15(24)27-7-10-4-13(20)17(22)14(21)5-10/h2-5,26H,6-8H2,1H3,(H,23,25). The second-order valence-corrected chi connectivity index (χ2v) is 6.19. The van der Waals surface area contributed by atoms with Crippen molar-refractivity contribution in [2.75, 3.05) is 6.54 Å². The molecule has 2 aromatic rings. The Hall–Kier alpha value is -2.85. The molecule has 0 bridgehead atoms. The van der Waals surface area contributed by atoms with Crippen LogP contribution in [0.3, 0.4) is 0 Å². The summed E-state index contributed by atoms with van der Waals surface area (Å²) in [4.78, 5) is 24.0. The molecule has 6 nitrogen and oxygen atoms in total. The van der Waals surface area contributed by atoms with Crippen LogP contribution < -0.4 is 10.8 Å². The molecule has 0 atom stereocenters. The van der Waals surface area contributed by atoms with Gasteiger partial charge in [-0.3, -0.25) is 9.59 Å². The molecule has 0 saturated carbocycles. The maximum absolute atomic E-state index is 13.1. The highest BCUT2D eigenvalue weighted by atomic mass is 19.2. The molecule has 0 radical (unpaired) electrons. The van der Waals surface area contributed by atoms with E-state index in [1.54, 1.807) is 19.1 Å². The van der Waals surface area contributed by atoms with E-state index in [0.717, 1.165) is 5.56 Å². The van der Waals surface area contributed by atoms with Gasteiger partial charge in [-0.25, -0.2) is 13.2 Å². The molecule has 2 N–H and O–H groups in total. The Morgan fingerprint density at radius 2 is 1.93 bits per heavy atom. The van der Waals surface area contributed by atoms with E-state index in [1.807, 2.05) is 0 Å². The molecule has 3 rings (SSSR count). The van der Waals surface area contributed by atoms with Gasteiger partial charge in [0.05, 0.1) is 6.61 Å². The lowest BCUT2D eigenvalue weighted by molar-refractivity contribution is -0.143. The lowest BCUT2D eigenvalue weighted by Crippen LogP contribution is -2.35. The van der Waals surface area contributed by atoms with E-state index < -0.39 is 49.6 Å². The molecule has 1 heterocycles. The van der Waals surface area contributed by atoms with Crippen molar-refractivity contribution in [3.05, 3.63) is 64.0 Å². The van der Waals surface area contributed by atoms with Gasteiger partial charge < -0.3 is 19.7 Å². The third-order valence-electron chi connectivity index (χ3n) is 4.33. The zero-order valence-corrected chi connectivity index (χ0v) is 14.7. The summed E-state index contributed by atoms with van der Waals surface area (Å²) in [5.74, 6) is -5.80. The third-order valence-corrected chi connectivity index (χ3v) is 4.33. The highest BCUT2D eigenvalue weighted by Gasteiger charge is 2.31. The highest BCUT2D eigenvalue weighted by molar-refractivity contribution is 6.62. The first-order valence-electron chi connectivity index (χ1n) is 8.27. The van der Waals surface area contributed by atoms with Gasteiger partial charge >= 0.3 is 13.1 Å². The number of benzene rings is 2. The molecule has 0 aliphatic carbocycles. The predicted molar refractivity (Wildman–Crippen MR) is 92.0 cm³/mol. The van der Waals surface area contributed by atoms with E-state index in [-0.39, 0.29) is 17.7 Å². The number of ether oxygens (including phenoxy) is 1. The largest absolute Gasteiger partial charge is 0.492 e. The van der Waals surface area contributed by atoms with Crippen LogP contribution in [-0.4, -0.2) is 30.6 Å². The van der Waals surface area contributed by atoms with Crippen molar-refractivity contribution in [3.63, 3.8) is 0 Å². The molecule has 146 valence electrons. The van der Waals surface area contributed by atoms with Crippen LogP contribution in [-0.2, 0) is 27.4 Å². The smallest absolute Gasteiger partial charge is 0.459 e. The van der Waals surface area contributed by atoms with Crippen LogP contribution >= 0.6 is 0 Å². The second kappa shape index (κ2) is 8.03. The van der Waals surface area contributed by atoms with E-state index in [0.29, 0.717) is 23.2 Å². The number of esters is 1. The summed E-state index contributed by atoms with van der Waals surface area (Å²) in [6.07, 6.45) is 0. The lowest BCUT2D eigenvalue weighted by Gasteiger charge is -2.11. The molecule has 2 aromatic carbocycles. The number of hydrogen-bond donors (Lipinski definition) is 2. The summed E-state index contributed by atoms with van der Waals surface area (Å²) in [6.45, 7) is 0.933. The Bertz CT molecular complexity index is 930. The van der Waals surface area contributed by atoms with Gasteiger partial charge in [0.15, 0.2) is 17.5 Å². The first kappa shape index (κ1) is 19.9. The lowest BCUT2D eigenvalue weighted by atomic mass is 9.75. The topological polar surface area (TPSA) is 84.9 Å². The van der Waals surface area contributed by atoms with Gasteiger partial charge in [-0.05, 0) is 47.3 Å². The van der Waals surface area contributed by atoms with Crippen LogP contribution in [0.5, 0.6) is 0 Å². The van der Waals surface area contributed by atoms with Gasteiger partial charge in [-0.15, -0.1) is 0 Å². The predicted octanol–water partition coefficient (Wildman–Crippen LogP) is 1.10. The Morgan fingerprint density at radius 3 is 2.61 bits per heavy atom. The number of halogens is 3. The van der Waals surface area contributed by atoms with Gasteiger partial charge in [-0.1, -0.05) is 6.07 Å². The van der Waals surface area contributed by atoms with E-state index in [9.17, 15) is 27.8 Å². The number of carbonyl (C=O) groups is 2. The minimum atomic E-state index is -1.61. The molecule has 0 unspecified atom stereocenters. The van der Waals surface area contributed by atoms with Crippen LogP contribution in [0.25, 0.3) is 0 Å². The Morgan fingerprint density at radius 1 is 1.25 bits per heavy atom. The normalized spacial score (nSPS) is 12.7. The molecule has 0 spiro atoms. The van der Waals surface area contributed by atoms with Gasteiger partial charge in [0.2, 0.25) is 0 Å². The molecular weight excluding hydrogens is 378 g/mol. The van der Waals surface area contributed by atoms with Crippen molar-refractivity contribution in [2.24, 2.45) is 0 Å². The number of hydrogen-bond acceptors (Lipinski definition) is 5. The minimum absolute atomic E-state index is 0.0699. The van der Waals surface area contributed by atoms with Gasteiger partial charge in [0.25, 0.3) is 5.91 Å². The van der Waals surface area contributed by atoms with E-state index in [2.05, 4.69) is 5.32 Å². The summed E-state index contributed by atoms with van der Waals surface area (Å²) < 4.78 is 49.1. The summed E-state index contributed by atoms with van der Waals surface area (Å²) in [7, 11) is -1.11. The summed E-state index contributed by atoms with van der Waals surface area (Å²) in [5, 5.41) is 12.2. The van der Waals surface area contributed by atoms with E-state index in [1.165, 1.54) is 0 Å². The van der Waals surface area contributed by atoms with Crippen LogP contribution in [0.4, 0.5) is 13.2 Å². The number of rotatable bonds is 5. The zero-order chi connectivity index (χ0) is 20.4.